The molecule has 1 N–H and O–H groups in total. The highest BCUT2D eigenvalue weighted by molar-refractivity contribution is 5.29. The monoisotopic (exact) mass is 209 g/mol. The van der Waals surface area contributed by atoms with Crippen molar-refractivity contribution in [2.75, 3.05) is 12.4 Å². The van der Waals surface area contributed by atoms with Crippen LogP contribution in [0, 0.1) is 0 Å². The first-order valence-electron chi connectivity index (χ1n) is 5.43. The van der Waals surface area contributed by atoms with Crippen LogP contribution in [0.1, 0.15) is 26.7 Å². The molecule has 0 spiro atoms. The van der Waals surface area contributed by atoms with Crippen molar-refractivity contribution in [2.24, 2.45) is 0 Å². The second-order valence-electron chi connectivity index (χ2n) is 4.76. The van der Waals surface area contributed by atoms with Crippen molar-refractivity contribution < 1.29 is 4.74 Å². The first-order chi connectivity index (χ1) is 7.11. The molecule has 1 saturated carbocycles. The second kappa shape index (κ2) is 3.85. The minimum Gasteiger partial charge on any atom is -0.377 e. The van der Waals surface area contributed by atoms with Gasteiger partial charge in [0.2, 0.25) is 5.95 Å². The molecule has 4 heteroatoms. The molecule has 0 unspecified atom stereocenters. The molecule has 1 heterocycles. The van der Waals surface area contributed by atoms with Gasteiger partial charge in [0.1, 0.15) is 0 Å². The highest BCUT2D eigenvalue weighted by atomic mass is 16.5. The van der Waals surface area contributed by atoms with Crippen LogP contribution in [-0.4, -0.2) is 28.3 Å². The Morgan fingerprint density at radius 2 is 2.33 bits per heavy atom. The minimum absolute atomic E-state index is 0.152. The number of hydrogen-bond acceptors (Lipinski definition) is 3. The molecule has 0 atom stereocenters. The molecule has 4 nitrogen and oxygen atoms in total. The molecule has 1 aromatic rings. The molecule has 0 bridgehead atoms. The van der Waals surface area contributed by atoms with E-state index in [1.54, 1.807) is 7.11 Å². The lowest BCUT2D eigenvalue weighted by Crippen LogP contribution is -2.29. The third-order valence-electron chi connectivity index (χ3n) is 2.73. The molecule has 0 amide bonds. The fraction of sp³-hybridized carbons (Fsp3) is 0.727. The van der Waals surface area contributed by atoms with Gasteiger partial charge in [0.15, 0.2) is 0 Å². The molecule has 1 fully saturated rings. The Labute approximate surface area is 90.6 Å². The van der Waals surface area contributed by atoms with Crippen molar-refractivity contribution >= 4 is 5.95 Å². The van der Waals surface area contributed by atoms with Gasteiger partial charge in [-0.15, -0.1) is 0 Å². The molecule has 1 aromatic heterocycles. The molecule has 2 rings (SSSR count). The Hall–Kier alpha value is -1.03. The van der Waals surface area contributed by atoms with E-state index < -0.39 is 0 Å². The Balaban J connectivity index is 2.03. The molecule has 0 radical (unpaired) electrons. The number of rotatable bonds is 5. The van der Waals surface area contributed by atoms with Crippen molar-refractivity contribution in [3.05, 3.63) is 12.4 Å². The topological polar surface area (TPSA) is 39.1 Å². The van der Waals surface area contributed by atoms with Gasteiger partial charge >= 0.3 is 0 Å². The van der Waals surface area contributed by atoms with E-state index in [0.717, 1.165) is 12.5 Å². The SMILES string of the molecule is COC(C)(C)Cn1ccnc1NC1CC1. The summed E-state index contributed by atoms with van der Waals surface area (Å²) in [5.74, 6) is 0.961. The largest absolute Gasteiger partial charge is 0.377 e. The number of anilines is 1. The zero-order valence-corrected chi connectivity index (χ0v) is 9.66. The van der Waals surface area contributed by atoms with Crippen LogP contribution in [0.5, 0.6) is 0 Å². The van der Waals surface area contributed by atoms with Crippen molar-refractivity contribution in [3.63, 3.8) is 0 Å². The molecule has 1 aliphatic rings. The van der Waals surface area contributed by atoms with Gasteiger partial charge in [-0.25, -0.2) is 4.98 Å². The number of imidazole rings is 1. The number of ether oxygens (including phenoxy) is 1. The Kier molecular flexibility index (Phi) is 2.69. The zero-order valence-electron chi connectivity index (χ0n) is 9.66. The molecule has 0 aliphatic heterocycles. The summed E-state index contributed by atoms with van der Waals surface area (Å²) in [6.07, 6.45) is 6.35. The third-order valence-corrected chi connectivity index (χ3v) is 2.73. The maximum Gasteiger partial charge on any atom is 0.203 e. The quantitative estimate of drug-likeness (QED) is 0.804. The maximum atomic E-state index is 5.41. The summed E-state index contributed by atoms with van der Waals surface area (Å²) in [6, 6.07) is 0.636. The van der Waals surface area contributed by atoms with E-state index in [4.69, 9.17) is 4.74 Å². The predicted octanol–water partition coefficient (Wildman–Crippen LogP) is 1.88. The molecule has 0 saturated heterocycles. The molecule has 15 heavy (non-hydrogen) atoms. The summed E-state index contributed by atoms with van der Waals surface area (Å²) < 4.78 is 7.52. The van der Waals surface area contributed by atoms with Gasteiger partial charge in [0.05, 0.1) is 12.1 Å². The molecular weight excluding hydrogens is 190 g/mol. The van der Waals surface area contributed by atoms with E-state index in [-0.39, 0.29) is 5.60 Å². The van der Waals surface area contributed by atoms with E-state index >= 15 is 0 Å². The van der Waals surface area contributed by atoms with Crippen LogP contribution < -0.4 is 5.32 Å². The lowest BCUT2D eigenvalue weighted by atomic mass is 10.1. The predicted molar refractivity (Wildman–Crippen MR) is 60.0 cm³/mol. The summed E-state index contributed by atoms with van der Waals surface area (Å²) in [7, 11) is 1.74. The van der Waals surface area contributed by atoms with Gasteiger partial charge in [0.25, 0.3) is 0 Å². The lowest BCUT2D eigenvalue weighted by molar-refractivity contribution is 0.00857. The van der Waals surface area contributed by atoms with Crippen LogP contribution in [-0.2, 0) is 11.3 Å². The average Bonchev–Trinajstić information content (AvgIpc) is 2.90. The number of methoxy groups -OCH3 is 1. The van der Waals surface area contributed by atoms with Gasteiger partial charge in [-0.3, -0.25) is 0 Å². The standard InChI is InChI=1S/C11H19N3O/c1-11(2,15-3)8-14-7-6-12-10(14)13-9-4-5-9/h6-7,9H,4-5,8H2,1-3H3,(H,12,13). The van der Waals surface area contributed by atoms with Crippen LogP contribution in [0.2, 0.25) is 0 Å². The van der Waals surface area contributed by atoms with Crippen LogP contribution in [0.4, 0.5) is 5.95 Å². The molecule has 84 valence electrons. The Morgan fingerprint density at radius 3 is 2.93 bits per heavy atom. The number of nitrogens with one attached hydrogen (secondary N) is 1. The minimum atomic E-state index is -0.152. The normalized spacial score (nSPS) is 16.7. The number of aromatic nitrogens is 2. The van der Waals surface area contributed by atoms with Crippen LogP contribution >= 0.6 is 0 Å². The zero-order chi connectivity index (χ0) is 10.9. The van der Waals surface area contributed by atoms with E-state index in [1.807, 2.05) is 12.4 Å². The molecule has 1 aliphatic carbocycles. The van der Waals surface area contributed by atoms with Crippen LogP contribution in [0.25, 0.3) is 0 Å². The third kappa shape index (κ3) is 2.72. The average molecular weight is 209 g/mol. The van der Waals surface area contributed by atoms with E-state index in [1.165, 1.54) is 12.8 Å². The smallest absolute Gasteiger partial charge is 0.203 e. The van der Waals surface area contributed by atoms with E-state index in [9.17, 15) is 0 Å². The van der Waals surface area contributed by atoms with Crippen molar-refractivity contribution in [3.8, 4) is 0 Å². The summed E-state index contributed by atoms with van der Waals surface area (Å²) in [5.41, 5.74) is -0.152. The fourth-order valence-electron chi connectivity index (χ4n) is 1.46. The van der Waals surface area contributed by atoms with E-state index in [2.05, 4.69) is 28.7 Å². The maximum absolute atomic E-state index is 5.41. The Morgan fingerprint density at radius 1 is 1.60 bits per heavy atom. The van der Waals surface area contributed by atoms with Gasteiger partial charge in [-0.1, -0.05) is 0 Å². The first-order valence-corrected chi connectivity index (χ1v) is 5.43. The van der Waals surface area contributed by atoms with E-state index in [0.29, 0.717) is 6.04 Å². The summed E-state index contributed by atoms with van der Waals surface area (Å²) in [5, 5.41) is 3.41. The highest BCUT2D eigenvalue weighted by Crippen LogP contribution is 2.24. The van der Waals surface area contributed by atoms with Gasteiger partial charge < -0.3 is 14.6 Å². The van der Waals surface area contributed by atoms with Gasteiger partial charge in [-0.05, 0) is 26.7 Å². The van der Waals surface area contributed by atoms with Crippen molar-refractivity contribution in [1.82, 2.24) is 9.55 Å². The molecule has 0 aromatic carbocycles. The van der Waals surface area contributed by atoms with Crippen LogP contribution in [0.15, 0.2) is 12.4 Å². The fourth-order valence-corrected chi connectivity index (χ4v) is 1.46. The van der Waals surface area contributed by atoms with Crippen LogP contribution in [0.3, 0.4) is 0 Å². The second-order valence-corrected chi connectivity index (χ2v) is 4.76. The summed E-state index contributed by atoms with van der Waals surface area (Å²) >= 11 is 0. The van der Waals surface area contributed by atoms with Gasteiger partial charge in [-0.2, -0.15) is 0 Å². The van der Waals surface area contributed by atoms with Crippen molar-refractivity contribution in [2.45, 2.75) is 44.9 Å². The first kappa shape index (κ1) is 10.5. The highest BCUT2D eigenvalue weighted by Gasteiger charge is 2.24. The summed E-state index contributed by atoms with van der Waals surface area (Å²) in [4.78, 5) is 4.31. The Bertz CT molecular complexity index is 328. The lowest BCUT2D eigenvalue weighted by Gasteiger charge is -2.24. The number of hydrogen-bond donors (Lipinski definition) is 1. The van der Waals surface area contributed by atoms with Gasteiger partial charge in [0, 0.05) is 25.5 Å². The summed E-state index contributed by atoms with van der Waals surface area (Å²) in [6.45, 7) is 4.97. The molecular formula is C11H19N3O. The number of nitrogens with zero attached hydrogens (tertiary/aromatic N) is 2. The van der Waals surface area contributed by atoms with Crippen molar-refractivity contribution in [1.29, 1.82) is 0 Å².